The van der Waals surface area contributed by atoms with Gasteiger partial charge in [0.15, 0.2) is 0 Å². The van der Waals surface area contributed by atoms with E-state index in [1.54, 1.807) is 11.3 Å². The van der Waals surface area contributed by atoms with Gasteiger partial charge in [-0.1, -0.05) is 18.2 Å². The summed E-state index contributed by atoms with van der Waals surface area (Å²) in [5, 5.41) is 5.47. The van der Waals surface area contributed by atoms with Crippen molar-refractivity contribution in [1.82, 2.24) is 4.98 Å². The summed E-state index contributed by atoms with van der Waals surface area (Å²) in [4.78, 5) is 7.16. The molecular formula is C18H18N2OS. The first kappa shape index (κ1) is 13.7. The molecule has 2 atom stereocenters. The number of ether oxygens (including phenoxy) is 1. The molecule has 3 heterocycles. The summed E-state index contributed by atoms with van der Waals surface area (Å²) in [6.45, 7) is 3.87. The Morgan fingerprint density at radius 3 is 2.91 bits per heavy atom. The van der Waals surface area contributed by atoms with Crippen LogP contribution in [0.4, 0.5) is 5.82 Å². The van der Waals surface area contributed by atoms with Gasteiger partial charge in [-0.15, -0.1) is 0 Å². The van der Waals surface area contributed by atoms with E-state index in [1.807, 2.05) is 12.1 Å². The number of fused-ring (bicyclic) bond motifs is 1. The lowest BCUT2D eigenvalue weighted by atomic mass is 10.1. The van der Waals surface area contributed by atoms with Crippen LogP contribution in [-0.2, 0) is 4.74 Å². The maximum atomic E-state index is 6.11. The van der Waals surface area contributed by atoms with Crippen molar-refractivity contribution < 1.29 is 4.74 Å². The van der Waals surface area contributed by atoms with Gasteiger partial charge in [0.05, 0.1) is 11.6 Å². The summed E-state index contributed by atoms with van der Waals surface area (Å²) in [6, 6.07) is 14.7. The van der Waals surface area contributed by atoms with Gasteiger partial charge >= 0.3 is 0 Å². The number of morpholine rings is 1. The highest BCUT2D eigenvalue weighted by molar-refractivity contribution is 7.07. The smallest absolute Gasteiger partial charge is 0.129 e. The molecule has 2 aromatic heterocycles. The normalized spacial score (nSPS) is 22.1. The van der Waals surface area contributed by atoms with Crippen LogP contribution in [0.25, 0.3) is 10.9 Å². The maximum absolute atomic E-state index is 6.11. The van der Waals surface area contributed by atoms with E-state index in [1.165, 1.54) is 10.9 Å². The monoisotopic (exact) mass is 310 g/mol. The molecule has 0 saturated carbocycles. The number of hydrogen-bond acceptors (Lipinski definition) is 4. The molecular weight excluding hydrogens is 292 g/mol. The van der Waals surface area contributed by atoms with Crippen molar-refractivity contribution >= 4 is 28.1 Å². The molecule has 0 bridgehead atoms. The molecule has 112 valence electrons. The molecule has 0 spiro atoms. The van der Waals surface area contributed by atoms with Gasteiger partial charge < -0.3 is 9.64 Å². The average molecular weight is 310 g/mol. The van der Waals surface area contributed by atoms with E-state index in [-0.39, 0.29) is 12.2 Å². The lowest BCUT2D eigenvalue weighted by Crippen LogP contribution is -2.43. The number of nitrogens with zero attached hydrogens (tertiary/aromatic N) is 2. The molecule has 0 N–H and O–H groups in total. The van der Waals surface area contributed by atoms with Gasteiger partial charge in [0.2, 0.25) is 0 Å². The zero-order chi connectivity index (χ0) is 14.9. The number of rotatable bonds is 2. The van der Waals surface area contributed by atoms with E-state index >= 15 is 0 Å². The standard InChI is InChI=1S/C18H18N2OS/c1-13-10-20(11-17(21-13)15-8-9-22-12-15)18-7-6-14-4-2-3-5-16(14)19-18/h2-9,12-13,17H,10-11H2,1H3. The predicted molar refractivity (Wildman–Crippen MR) is 91.6 cm³/mol. The minimum absolute atomic E-state index is 0.128. The summed E-state index contributed by atoms with van der Waals surface area (Å²) in [6.07, 6.45) is 0.329. The minimum Gasteiger partial charge on any atom is -0.367 e. The van der Waals surface area contributed by atoms with E-state index in [0.717, 1.165) is 24.4 Å². The zero-order valence-electron chi connectivity index (χ0n) is 12.5. The number of thiophene rings is 1. The van der Waals surface area contributed by atoms with Crippen LogP contribution < -0.4 is 4.90 Å². The number of pyridine rings is 1. The summed E-state index contributed by atoms with van der Waals surface area (Å²) in [5.41, 5.74) is 2.31. The third kappa shape index (κ3) is 2.60. The number of aromatic nitrogens is 1. The molecule has 3 aromatic rings. The van der Waals surface area contributed by atoms with Gasteiger partial charge in [0.1, 0.15) is 11.9 Å². The fourth-order valence-corrected chi connectivity index (χ4v) is 3.71. The van der Waals surface area contributed by atoms with Gasteiger partial charge in [-0.2, -0.15) is 11.3 Å². The minimum atomic E-state index is 0.128. The van der Waals surface area contributed by atoms with E-state index < -0.39 is 0 Å². The van der Waals surface area contributed by atoms with Crippen LogP contribution in [0.3, 0.4) is 0 Å². The first-order valence-electron chi connectivity index (χ1n) is 7.58. The maximum Gasteiger partial charge on any atom is 0.129 e. The fourth-order valence-electron chi connectivity index (χ4n) is 3.01. The SMILES string of the molecule is CC1CN(c2ccc3ccccc3n2)CC(c2ccsc2)O1. The molecule has 1 fully saturated rings. The topological polar surface area (TPSA) is 25.4 Å². The molecule has 1 aliphatic rings. The van der Waals surface area contributed by atoms with Crippen LogP contribution in [0.5, 0.6) is 0 Å². The van der Waals surface area contributed by atoms with Crippen molar-refractivity contribution in [3.63, 3.8) is 0 Å². The van der Waals surface area contributed by atoms with Crippen molar-refractivity contribution in [2.45, 2.75) is 19.1 Å². The van der Waals surface area contributed by atoms with Crippen molar-refractivity contribution in [3.8, 4) is 0 Å². The molecule has 0 amide bonds. The second-order valence-corrected chi connectivity index (χ2v) is 6.54. The largest absolute Gasteiger partial charge is 0.367 e. The Hall–Kier alpha value is -1.91. The Morgan fingerprint density at radius 2 is 2.05 bits per heavy atom. The summed E-state index contributed by atoms with van der Waals surface area (Å²) in [7, 11) is 0. The third-order valence-corrected chi connectivity index (χ3v) is 4.78. The second kappa shape index (κ2) is 5.71. The zero-order valence-corrected chi connectivity index (χ0v) is 13.3. The Bertz CT molecular complexity index is 772. The Labute approximate surface area is 134 Å². The molecule has 0 radical (unpaired) electrons. The predicted octanol–water partition coefficient (Wildman–Crippen LogP) is 4.26. The van der Waals surface area contributed by atoms with Crippen LogP contribution in [0.1, 0.15) is 18.6 Å². The lowest BCUT2D eigenvalue weighted by molar-refractivity contribution is -0.0173. The van der Waals surface area contributed by atoms with E-state index in [2.05, 4.69) is 52.9 Å². The van der Waals surface area contributed by atoms with Gasteiger partial charge in [-0.3, -0.25) is 0 Å². The quantitative estimate of drug-likeness (QED) is 0.707. The summed E-state index contributed by atoms with van der Waals surface area (Å²) in [5.74, 6) is 1.04. The van der Waals surface area contributed by atoms with Crippen LogP contribution in [0, 0.1) is 0 Å². The Balaban J connectivity index is 1.64. The van der Waals surface area contributed by atoms with Crippen molar-refractivity contribution in [1.29, 1.82) is 0 Å². The summed E-state index contributed by atoms with van der Waals surface area (Å²) < 4.78 is 6.11. The van der Waals surface area contributed by atoms with E-state index in [0.29, 0.717) is 0 Å². The molecule has 4 rings (SSSR count). The van der Waals surface area contributed by atoms with Crippen LogP contribution in [0.2, 0.25) is 0 Å². The van der Waals surface area contributed by atoms with E-state index in [4.69, 9.17) is 9.72 Å². The average Bonchev–Trinajstić information content (AvgIpc) is 3.08. The van der Waals surface area contributed by atoms with Gasteiger partial charge in [0, 0.05) is 18.5 Å². The fraction of sp³-hybridized carbons (Fsp3) is 0.278. The van der Waals surface area contributed by atoms with Crippen LogP contribution in [-0.4, -0.2) is 24.2 Å². The molecule has 2 unspecified atom stereocenters. The lowest BCUT2D eigenvalue weighted by Gasteiger charge is -2.37. The van der Waals surface area contributed by atoms with Crippen LogP contribution in [0.15, 0.2) is 53.2 Å². The molecule has 4 heteroatoms. The molecule has 0 aliphatic carbocycles. The van der Waals surface area contributed by atoms with Crippen LogP contribution >= 0.6 is 11.3 Å². The highest BCUT2D eigenvalue weighted by Gasteiger charge is 2.27. The highest BCUT2D eigenvalue weighted by Crippen LogP contribution is 2.29. The Morgan fingerprint density at radius 1 is 1.14 bits per heavy atom. The van der Waals surface area contributed by atoms with Gasteiger partial charge in [0.25, 0.3) is 0 Å². The van der Waals surface area contributed by atoms with Crippen molar-refractivity contribution in [2.75, 3.05) is 18.0 Å². The highest BCUT2D eigenvalue weighted by atomic mass is 32.1. The molecule has 1 aromatic carbocycles. The molecule has 1 saturated heterocycles. The molecule has 1 aliphatic heterocycles. The van der Waals surface area contributed by atoms with Crippen molar-refractivity contribution in [3.05, 3.63) is 58.8 Å². The third-order valence-electron chi connectivity index (χ3n) is 4.08. The first-order valence-corrected chi connectivity index (χ1v) is 8.52. The first-order chi connectivity index (χ1) is 10.8. The number of anilines is 1. The molecule has 22 heavy (non-hydrogen) atoms. The van der Waals surface area contributed by atoms with Gasteiger partial charge in [-0.25, -0.2) is 4.98 Å². The number of benzene rings is 1. The second-order valence-electron chi connectivity index (χ2n) is 5.76. The number of hydrogen-bond donors (Lipinski definition) is 0. The number of para-hydroxylation sites is 1. The Kier molecular flexibility index (Phi) is 3.56. The summed E-state index contributed by atoms with van der Waals surface area (Å²) >= 11 is 1.72. The van der Waals surface area contributed by atoms with E-state index in [9.17, 15) is 0 Å². The van der Waals surface area contributed by atoms with Crippen molar-refractivity contribution in [2.24, 2.45) is 0 Å². The van der Waals surface area contributed by atoms with Gasteiger partial charge in [-0.05, 0) is 47.5 Å². The molecule has 3 nitrogen and oxygen atoms in total.